The van der Waals surface area contributed by atoms with Crippen LogP contribution in [-0.4, -0.2) is 60.4 Å². The lowest BCUT2D eigenvalue weighted by Gasteiger charge is -2.37. The Labute approximate surface area is 128 Å². The zero-order chi connectivity index (χ0) is 15.4. The molecule has 120 valence electrons. The second-order valence-corrected chi connectivity index (χ2v) is 6.80. The quantitative estimate of drug-likeness (QED) is 0.848. The van der Waals surface area contributed by atoms with Crippen molar-refractivity contribution in [3.8, 4) is 0 Å². The van der Waals surface area contributed by atoms with Crippen molar-refractivity contribution in [2.75, 3.05) is 32.7 Å². The molecular formula is C16H29N3O2. The fourth-order valence-electron chi connectivity index (χ4n) is 3.28. The van der Waals surface area contributed by atoms with E-state index in [-0.39, 0.29) is 5.91 Å². The molecule has 0 aromatic heterocycles. The number of piperidine rings is 1. The van der Waals surface area contributed by atoms with Crippen molar-refractivity contribution < 1.29 is 9.59 Å². The van der Waals surface area contributed by atoms with Gasteiger partial charge in [0.2, 0.25) is 11.8 Å². The van der Waals surface area contributed by atoms with Crippen molar-refractivity contribution in [2.24, 2.45) is 11.8 Å². The van der Waals surface area contributed by atoms with Gasteiger partial charge in [-0.2, -0.15) is 0 Å². The van der Waals surface area contributed by atoms with Gasteiger partial charge in [-0.25, -0.2) is 0 Å². The summed E-state index contributed by atoms with van der Waals surface area (Å²) >= 11 is 0. The van der Waals surface area contributed by atoms with Crippen molar-refractivity contribution in [3.05, 3.63) is 0 Å². The average Bonchev–Trinajstić information content (AvgIpc) is 2.48. The van der Waals surface area contributed by atoms with E-state index in [0.29, 0.717) is 30.2 Å². The fraction of sp³-hybridized carbons (Fsp3) is 0.875. The highest BCUT2D eigenvalue weighted by atomic mass is 16.2. The third-order valence-corrected chi connectivity index (χ3v) is 4.89. The summed E-state index contributed by atoms with van der Waals surface area (Å²) in [6.45, 7) is 10.2. The maximum absolute atomic E-state index is 12.5. The van der Waals surface area contributed by atoms with Crippen LogP contribution in [-0.2, 0) is 9.59 Å². The van der Waals surface area contributed by atoms with E-state index >= 15 is 0 Å². The largest absolute Gasteiger partial charge is 0.343 e. The highest BCUT2D eigenvalue weighted by Gasteiger charge is 2.28. The maximum atomic E-state index is 12.5. The van der Waals surface area contributed by atoms with Crippen LogP contribution in [0.4, 0.5) is 0 Å². The molecule has 0 aliphatic carbocycles. The van der Waals surface area contributed by atoms with Crippen molar-refractivity contribution in [2.45, 2.75) is 46.1 Å². The van der Waals surface area contributed by atoms with Gasteiger partial charge in [-0.05, 0) is 24.7 Å². The summed E-state index contributed by atoms with van der Waals surface area (Å²) in [6, 6.07) is 0.419. The summed E-state index contributed by atoms with van der Waals surface area (Å²) in [5, 5.41) is 3.49. The van der Waals surface area contributed by atoms with Crippen LogP contribution in [0.2, 0.25) is 0 Å². The Kier molecular flexibility index (Phi) is 5.62. The standard InChI is InChI=1S/C16H29N3O2/c1-12(2)15-11-19(9-6-17-15)16(21)10-14-4-7-18(8-5-14)13(3)20/h12,14-15,17H,4-11H2,1-3H3/t15-/m0/s1. The zero-order valence-corrected chi connectivity index (χ0v) is 13.6. The second kappa shape index (κ2) is 7.25. The molecule has 2 saturated heterocycles. The molecule has 1 N–H and O–H groups in total. The van der Waals surface area contributed by atoms with E-state index in [2.05, 4.69) is 19.2 Å². The average molecular weight is 295 g/mol. The summed E-state index contributed by atoms with van der Waals surface area (Å²) in [6.07, 6.45) is 2.58. The Morgan fingerprint density at radius 3 is 2.38 bits per heavy atom. The highest BCUT2D eigenvalue weighted by molar-refractivity contribution is 5.77. The van der Waals surface area contributed by atoms with Gasteiger partial charge in [-0.3, -0.25) is 9.59 Å². The summed E-state index contributed by atoms with van der Waals surface area (Å²) in [7, 11) is 0. The SMILES string of the molecule is CC(=O)N1CCC(CC(=O)N2CCN[C@H](C(C)C)C2)CC1. The molecular weight excluding hydrogens is 266 g/mol. The van der Waals surface area contributed by atoms with Crippen molar-refractivity contribution >= 4 is 11.8 Å². The minimum Gasteiger partial charge on any atom is -0.343 e. The van der Waals surface area contributed by atoms with Gasteiger partial charge in [0.05, 0.1) is 0 Å². The Morgan fingerprint density at radius 1 is 1.14 bits per heavy atom. The zero-order valence-electron chi connectivity index (χ0n) is 13.6. The van der Waals surface area contributed by atoms with Gasteiger partial charge < -0.3 is 15.1 Å². The first-order valence-corrected chi connectivity index (χ1v) is 8.24. The minimum absolute atomic E-state index is 0.154. The van der Waals surface area contributed by atoms with Crippen LogP contribution >= 0.6 is 0 Å². The highest BCUT2D eigenvalue weighted by Crippen LogP contribution is 2.22. The summed E-state index contributed by atoms with van der Waals surface area (Å²) in [5.41, 5.74) is 0. The first kappa shape index (κ1) is 16.3. The molecule has 0 aromatic carbocycles. The Balaban J connectivity index is 1.78. The number of nitrogens with one attached hydrogen (secondary N) is 1. The van der Waals surface area contributed by atoms with Gasteiger partial charge in [-0.1, -0.05) is 13.8 Å². The molecule has 2 amide bonds. The topological polar surface area (TPSA) is 52.7 Å². The smallest absolute Gasteiger partial charge is 0.222 e. The molecule has 0 spiro atoms. The number of carbonyl (C=O) groups excluding carboxylic acids is 2. The molecule has 21 heavy (non-hydrogen) atoms. The van der Waals surface area contributed by atoms with Crippen LogP contribution in [0.3, 0.4) is 0 Å². The Bertz CT molecular complexity index is 376. The summed E-state index contributed by atoms with van der Waals surface area (Å²) in [5.74, 6) is 1.45. The number of piperazine rings is 1. The molecule has 2 rings (SSSR count). The second-order valence-electron chi connectivity index (χ2n) is 6.80. The van der Waals surface area contributed by atoms with Crippen molar-refractivity contribution in [1.29, 1.82) is 0 Å². The minimum atomic E-state index is 0.154. The molecule has 0 saturated carbocycles. The third kappa shape index (κ3) is 4.43. The van der Waals surface area contributed by atoms with E-state index in [9.17, 15) is 9.59 Å². The van der Waals surface area contributed by atoms with Crippen molar-refractivity contribution in [1.82, 2.24) is 15.1 Å². The van der Waals surface area contributed by atoms with Crippen LogP contribution in [0.1, 0.15) is 40.0 Å². The first-order valence-electron chi connectivity index (χ1n) is 8.24. The molecule has 2 heterocycles. The first-order chi connectivity index (χ1) is 9.97. The van der Waals surface area contributed by atoms with E-state index in [0.717, 1.165) is 45.6 Å². The lowest BCUT2D eigenvalue weighted by Crippen LogP contribution is -2.54. The van der Waals surface area contributed by atoms with Gasteiger partial charge in [0.1, 0.15) is 0 Å². The maximum Gasteiger partial charge on any atom is 0.222 e. The van der Waals surface area contributed by atoms with E-state index in [4.69, 9.17) is 0 Å². The van der Waals surface area contributed by atoms with E-state index < -0.39 is 0 Å². The summed E-state index contributed by atoms with van der Waals surface area (Å²) in [4.78, 5) is 27.7. The molecule has 2 aliphatic rings. The molecule has 5 heteroatoms. The Hall–Kier alpha value is -1.10. The lowest BCUT2D eigenvalue weighted by molar-refractivity contribution is -0.134. The number of nitrogens with zero attached hydrogens (tertiary/aromatic N) is 2. The molecule has 1 atom stereocenters. The fourth-order valence-corrected chi connectivity index (χ4v) is 3.28. The number of amides is 2. The molecule has 2 aliphatic heterocycles. The predicted octanol–water partition coefficient (Wildman–Crippen LogP) is 1.09. The molecule has 0 bridgehead atoms. The number of hydrogen-bond donors (Lipinski definition) is 1. The van der Waals surface area contributed by atoms with Crippen LogP contribution in [0.25, 0.3) is 0 Å². The normalized spacial score (nSPS) is 24.5. The monoisotopic (exact) mass is 295 g/mol. The number of likely N-dealkylation sites (tertiary alicyclic amines) is 1. The van der Waals surface area contributed by atoms with Crippen LogP contribution in [0.15, 0.2) is 0 Å². The van der Waals surface area contributed by atoms with Crippen LogP contribution < -0.4 is 5.32 Å². The van der Waals surface area contributed by atoms with Crippen LogP contribution in [0, 0.1) is 11.8 Å². The van der Waals surface area contributed by atoms with Crippen LogP contribution in [0.5, 0.6) is 0 Å². The summed E-state index contributed by atoms with van der Waals surface area (Å²) < 4.78 is 0. The Morgan fingerprint density at radius 2 is 1.81 bits per heavy atom. The molecule has 0 radical (unpaired) electrons. The predicted molar refractivity (Wildman–Crippen MR) is 82.8 cm³/mol. The lowest BCUT2D eigenvalue weighted by atomic mass is 9.92. The van der Waals surface area contributed by atoms with Gasteiger partial charge >= 0.3 is 0 Å². The van der Waals surface area contributed by atoms with Crippen molar-refractivity contribution in [3.63, 3.8) is 0 Å². The van der Waals surface area contributed by atoms with Gasteiger partial charge in [-0.15, -0.1) is 0 Å². The van der Waals surface area contributed by atoms with Gasteiger partial charge in [0.25, 0.3) is 0 Å². The molecule has 5 nitrogen and oxygen atoms in total. The number of carbonyl (C=O) groups is 2. The number of rotatable bonds is 3. The van der Waals surface area contributed by atoms with E-state index in [1.807, 2.05) is 9.80 Å². The van der Waals surface area contributed by atoms with Gasteiger partial charge in [0, 0.05) is 52.1 Å². The van der Waals surface area contributed by atoms with E-state index in [1.165, 1.54) is 0 Å². The molecule has 2 fully saturated rings. The molecule has 0 aromatic rings. The third-order valence-electron chi connectivity index (χ3n) is 4.89. The molecule has 0 unspecified atom stereocenters. The van der Waals surface area contributed by atoms with E-state index in [1.54, 1.807) is 6.92 Å². The number of hydrogen-bond acceptors (Lipinski definition) is 3. The van der Waals surface area contributed by atoms with Gasteiger partial charge in [0.15, 0.2) is 0 Å².